The molecule has 0 saturated heterocycles. The Bertz CT molecular complexity index is 680. The third-order valence-electron chi connectivity index (χ3n) is 2.93. The van der Waals surface area contributed by atoms with Crippen LogP contribution in [0.4, 0.5) is 5.13 Å². The van der Waals surface area contributed by atoms with E-state index < -0.39 is 0 Å². The Morgan fingerprint density at radius 2 is 1.86 bits per heavy atom. The molecule has 0 aliphatic heterocycles. The molecule has 0 atom stereocenters. The van der Waals surface area contributed by atoms with Crippen molar-refractivity contribution < 1.29 is 14.7 Å². The molecule has 22 heavy (non-hydrogen) atoms. The van der Waals surface area contributed by atoms with Crippen molar-refractivity contribution in [1.82, 2.24) is 10.3 Å². The van der Waals surface area contributed by atoms with E-state index in [4.69, 9.17) is 5.11 Å². The van der Waals surface area contributed by atoms with Gasteiger partial charge in [0.1, 0.15) is 4.88 Å². The number of benzene rings is 1. The second-order valence-electron chi connectivity index (χ2n) is 4.73. The molecular formula is C15H17N3O3S. The molecule has 1 aromatic carbocycles. The largest absolute Gasteiger partial charge is 0.395 e. The van der Waals surface area contributed by atoms with Gasteiger partial charge in [-0.05, 0) is 26.0 Å². The normalized spacial score (nSPS) is 10.3. The highest BCUT2D eigenvalue weighted by atomic mass is 32.1. The number of rotatable bonds is 5. The number of nitrogens with zero attached hydrogens (tertiary/aromatic N) is 1. The SMILES string of the molecule is Cc1ccc(C(=O)Nc2nc(C)c(C(=O)NCCO)s2)cc1. The number of amides is 2. The topological polar surface area (TPSA) is 91.3 Å². The molecule has 0 spiro atoms. The highest BCUT2D eigenvalue weighted by molar-refractivity contribution is 7.17. The number of aliphatic hydroxyl groups excluding tert-OH is 1. The molecule has 0 aliphatic carbocycles. The summed E-state index contributed by atoms with van der Waals surface area (Å²) in [6.45, 7) is 3.71. The van der Waals surface area contributed by atoms with Crippen LogP contribution < -0.4 is 10.6 Å². The van der Waals surface area contributed by atoms with E-state index in [1.807, 2.05) is 19.1 Å². The van der Waals surface area contributed by atoms with Crippen molar-refractivity contribution in [3.8, 4) is 0 Å². The number of aromatic nitrogens is 1. The van der Waals surface area contributed by atoms with E-state index in [0.29, 0.717) is 21.3 Å². The zero-order chi connectivity index (χ0) is 16.1. The van der Waals surface area contributed by atoms with Gasteiger partial charge in [0, 0.05) is 12.1 Å². The molecular weight excluding hydrogens is 302 g/mol. The standard InChI is InChI=1S/C15H17N3O3S/c1-9-3-5-11(6-4-9)13(20)18-15-17-10(2)12(22-15)14(21)16-7-8-19/h3-6,19H,7-8H2,1-2H3,(H,16,21)(H,17,18,20). The fourth-order valence-electron chi connectivity index (χ4n) is 1.78. The fraction of sp³-hybridized carbons (Fsp3) is 0.267. The lowest BCUT2D eigenvalue weighted by molar-refractivity contribution is 0.0947. The maximum absolute atomic E-state index is 12.1. The third kappa shape index (κ3) is 3.90. The van der Waals surface area contributed by atoms with Crippen molar-refractivity contribution in [1.29, 1.82) is 0 Å². The van der Waals surface area contributed by atoms with Crippen LogP contribution in [0.5, 0.6) is 0 Å². The molecule has 0 bridgehead atoms. The molecule has 0 unspecified atom stereocenters. The van der Waals surface area contributed by atoms with Crippen LogP contribution in [0.3, 0.4) is 0 Å². The second kappa shape index (κ2) is 7.15. The number of aryl methyl sites for hydroxylation is 2. The van der Waals surface area contributed by atoms with Gasteiger partial charge < -0.3 is 10.4 Å². The van der Waals surface area contributed by atoms with Crippen molar-refractivity contribution in [2.24, 2.45) is 0 Å². The van der Waals surface area contributed by atoms with Crippen LogP contribution in [0, 0.1) is 13.8 Å². The lowest BCUT2D eigenvalue weighted by atomic mass is 10.1. The lowest BCUT2D eigenvalue weighted by Crippen LogP contribution is -2.26. The molecule has 2 aromatic rings. The zero-order valence-electron chi connectivity index (χ0n) is 12.3. The summed E-state index contributed by atoms with van der Waals surface area (Å²) >= 11 is 1.11. The van der Waals surface area contributed by atoms with E-state index in [1.165, 1.54) is 0 Å². The number of thiazole rings is 1. The Kier molecular flexibility index (Phi) is 5.24. The van der Waals surface area contributed by atoms with Gasteiger partial charge in [-0.15, -0.1) is 0 Å². The Morgan fingerprint density at radius 3 is 2.50 bits per heavy atom. The molecule has 0 saturated carbocycles. The van der Waals surface area contributed by atoms with Crippen molar-refractivity contribution in [2.75, 3.05) is 18.5 Å². The fourth-order valence-corrected chi connectivity index (χ4v) is 2.66. The summed E-state index contributed by atoms with van der Waals surface area (Å²) in [7, 11) is 0. The van der Waals surface area contributed by atoms with Gasteiger partial charge in [0.2, 0.25) is 0 Å². The molecule has 0 aliphatic rings. The predicted octanol–water partition coefficient (Wildman–Crippen LogP) is 1.73. The number of hydrogen-bond donors (Lipinski definition) is 3. The summed E-state index contributed by atoms with van der Waals surface area (Å²) in [5.41, 5.74) is 2.15. The Hall–Kier alpha value is -2.25. The van der Waals surface area contributed by atoms with Crippen molar-refractivity contribution in [3.63, 3.8) is 0 Å². The number of anilines is 1. The number of hydrogen-bond acceptors (Lipinski definition) is 5. The monoisotopic (exact) mass is 319 g/mol. The van der Waals surface area contributed by atoms with E-state index in [-0.39, 0.29) is 25.0 Å². The summed E-state index contributed by atoms with van der Waals surface area (Å²) in [6, 6.07) is 7.19. The molecule has 2 amide bonds. The molecule has 116 valence electrons. The molecule has 7 heteroatoms. The number of carbonyl (C=O) groups excluding carboxylic acids is 2. The van der Waals surface area contributed by atoms with Crippen LogP contribution in [-0.2, 0) is 0 Å². The Labute approximate surface area is 132 Å². The summed E-state index contributed by atoms with van der Waals surface area (Å²) < 4.78 is 0. The Morgan fingerprint density at radius 1 is 1.18 bits per heavy atom. The summed E-state index contributed by atoms with van der Waals surface area (Å²) in [5.74, 6) is -0.573. The molecule has 1 aromatic heterocycles. The number of carbonyl (C=O) groups is 2. The lowest BCUT2D eigenvalue weighted by Gasteiger charge is -2.02. The van der Waals surface area contributed by atoms with E-state index in [1.54, 1.807) is 19.1 Å². The second-order valence-corrected chi connectivity index (χ2v) is 5.73. The third-order valence-corrected chi connectivity index (χ3v) is 4.01. The first-order valence-corrected chi connectivity index (χ1v) is 7.57. The first-order valence-electron chi connectivity index (χ1n) is 6.75. The summed E-state index contributed by atoms with van der Waals surface area (Å²) in [4.78, 5) is 28.6. The molecule has 2 rings (SSSR count). The van der Waals surface area contributed by atoms with Crippen molar-refractivity contribution in [3.05, 3.63) is 46.0 Å². The van der Waals surface area contributed by atoms with Crippen LogP contribution in [0.2, 0.25) is 0 Å². The van der Waals surface area contributed by atoms with Crippen LogP contribution in [0.15, 0.2) is 24.3 Å². The predicted molar refractivity (Wildman–Crippen MR) is 85.4 cm³/mol. The van der Waals surface area contributed by atoms with Gasteiger partial charge in [-0.3, -0.25) is 14.9 Å². The summed E-state index contributed by atoms with van der Waals surface area (Å²) in [6.07, 6.45) is 0. The number of nitrogens with one attached hydrogen (secondary N) is 2. The van der Waals surface area contributed by atoms with Gasteiger partial charge in [0.05, 0.1) is 12.3 Å². The maximum Gasteiger partial charge on any atom is 0.263 e. The smallest absolute Gasteiger partial charge is 0.263 e. The Balaban J connectivity index is 2.09. The molecule has 6 nitrogen and oxygen atoms in total. The molecule has 3 N–H and O–H groups in total. The van der Waals surface area contributed by atoms with Gasteiger partial charge in [0.15, 0.2) is 5.13 Å². The maximum atomic E-state index is 12.1. The first kappa shape index (κ1) is 16.1. The average molecular weight is 319 g/mol. The summed E-state index contributed by atoms with van der Waals surface area (Å²) in [5, 5.41) is 14.3. The van der Waals surface area contributed by atoms with Crippen LogP contribution >= 0.6 is 11.3 Å². The van der Waals surface area contributed by atoms with Crippen molar-refractivity contribution in [2.45, 2.75) is 13.8 Å². The average Bonchev–Trinajstić information content (AvgIpc) is 2.86. The minimum Gasteiger partial charge on any atom is -0.395 e. The molecule has 0 radical (unpaired) electrons. The highest BCUT2D eigenvalue weighted by Gasteiger charge is 2.16. The van der Waals surface area contributed by atoms with Gasteiger partial charge in [-0.25, -0.2) is 4.98 Å². The minimum atomic E-state index is -0.306. The first-order chi connectivity index (χ1) is 10.5. The molecule has 1 heterocycles. The zero-order valence-corrected chi connectivity index (χ0v) is 13.2. The van der Waals surface area contributed by atoms with Crippen LogP contribution in [0.25, 0.3) is 0 Å². The van der Waals surface area contributed by atoms with E-state index in [2.05, 4.69) is 15.6 Å². The van der Waals surface area contributed by atoms with Gasteiger partial charge >= 0.3 is 0 Å². The minimum absolute atomic E-state index is 0.124. The highest BCUT2D eigenvalue weighted by Crippen LogP contribution is 2.23. The van der Waals surface area contributed by atoms with Gasteiger partial charge in [0.25, 0.3) is 11.8 Å². The van der Waals surface area contributed by atoms with Crippen molar-refractivity contribution >= 4 is 28.3 Å². The van der Waals surface area contributed by atoms with Gasteiger partial charge in [-0.2, -0.15) is 0 Å². The van der Waals surface area contributed by atoms with Crippen LogP contribution in [-0.4, -0.2) is 35.1 Å². The number of aliphatic hydroxyl groups is 1. The van der Waals surface area contributed by atoms with Crippen LogP contribution in [0.1, 0.15) is 31.3 Å². The van der Waals surface area contributed by atoms with E-state index in [9.17, 15) is 9.59 Å². The quantitative estimate of drug-likeness (QED) is 0.783. The van der Waals surface area contributed by atoms with E-state index >= 15 is 0 Å². The molecule has 0 fully saturated rings. The van der Waals surface area contributed by atoms with Gasteiger partial charge in [-0.1, -0.05) is 29.0 Å². The van der Waals surface area contributed by atoms with E-state index in [0.717, 1.165) is 16.9 Å².